The van der Waals surface area contributed by atoms with Crippen LogP contribution in [0.1, 0.15) is 78.6 Å². The molecular formula is C31H35FN4O2S. The molecule has 8 heteroatoms. The van der Waals surface area contributed by atoms with Crippen LogP contribution in [0.3, 0.4) is 0 Å². The van der Waals surface area contributed by atoms with Crippen molar-refractivity contribution in [3.63, 3.8) is 0 Å². The molecule has 1 atom stereocenters. The lowest BCUT2D eigenvalue weighted by Crippen LogP contribution is -2.36. The van der Waals surface area contributed by atoms with Crippen molar-refractivity contribution in [3.8, 4) is 11.3 Å². The fourth-order valence-corrected chi connectivity index (χ4v) is 7.18. The number of aromatic nitrogens is 2. The molecule has 0 radical (unpaired) electrons. The normalized spacial score (nSPS) is 20.8. The molecule has 0 bridgehead atoms. The van der Waals surface area contributed by atoms with Crippen LogP contribution in [0.5, 0.6) is 0 Å². The van der Waals surface area contributed by atoms with Crippen molar-refractivity contribution in [2.24, 2.45) is 0 Å². The first-order valence-electron chi connectivity index (χ1n) is 14.5. The molecule has 1 aliphatic carbocycles. The zero-order chi connectivity index (χ0) is 26.3. The molecule has 6 nitrogen and oxygen atoms in total. The summed E-state index contributed by atoms with van der Waals surface area (Å²) >= 11 is 1.65. The predicted molar refractivity (Wildman–Crippen MR) is 153 cm³/mol. The third-order valence-corrected chi connectivity index (χ3v) is 9.45. The van der Waals surface area contributed by atoms with E-state index >= 15 is 0 Å². The van der Waals surface area contributed by atoms with Crippen molar-refractivity contribution < 1.29 is 13.9 Å². The highest BCUT2D eigenvalue weighted by Gasteiger charge is 2.32. The minimum atomic E-state index is -0.647. The van der Waals surface area contributed by atoms with Gasteiger partial charge in [0.15, 0.2) is 4.96 Å². The number of benzene rings is 2. The number of nitrogens with zero attached hydrogens (tertiary/aromatic N) is 3. The number of alkyl halides is 1. The quantitative estimate of drug-likeness (QED) is 0.256. The molecule has 2 aromatic carbocycles. The first kappa shape index (κ1) is 25.2. The van der Waals surface area contributed by atoms with Crippen molar-refractivity contribution in [2.75, 3.05) is 32.8 Å². The number of hydrogen-bond acceptors (Lipinski definition) is 5. The number of fused-ring (bicyclic) bond motifs is 3. The number of rotatable bonds is 8. The molecule has 204 valence electrons. The highest BCUT2D eigenvalue weighted by molar-refractivity contribution is 7.23. The third-order valence-electron chi connectivity index (χ3n) is 8.45. The van der Waals surface area contributed by atoms with Gasteiger partial charge in [-0.1, -0.05) is 35.6 Å². The Kier molecular flexibility index (Phi) is 6.87. The van der Waals surface area contributed by atoms with Gasteiger partial charge < -0.3 is 15.0 Å². The number of thiazole rings is 1. The van der Waals surface area contributed by atoms with E-state index in [0.717, 1.165) is 71.9 Å². The molecule has 2 saturated heterocycles. The van der Waals surface area contributed by atoms with Crippen LogP contribution in [0.25, 0.3) is 26.4 Å². The second-order valence-electron chi connectivity index (χ2n) is 11.3. The zero-order valence-electron chi connectivity index (χ0n) is 22.2. The van der Waals surface area contributed by atoms with Crippen molar-refractivity contribution in [2.45, 2.75) is 63.1 Å². The summed E-state index contributed by atoms with van der Waals surface area (Å²) in [7, 11) is 0. The first-order chi connectivity index (χ1) is 19.1. The lowest BCUT2D eigenvalue weighted by atomic mass is 10.0. The van der Waals surface area contributed by atoms with Gasteiger partial charge in [-0.2, -0.15) is 0 Å². The van der Waals surface area contributed by atoms with Crippen molar-refractivity contribution in [1.29, 1.82) is 0 Å². The van der Waals surface area contributed by atoms with E-state index in [1.807, 2.05) is 12.1 Å². The van der Waals surface area contributed by atoms with Gasteiger partial charge in [-0.05, 0) is 75.3 Å². The lowest BCUT2D eigenvalue weighted by Gasteiger charge is -2.28. The zero-order valence-corrected chi connectivity index (χ0v) is 23.0. The van der Waals surface area contributed by atoms with Crippen LogP contribution in [0.4, 0.5) is 4.39 Å². The Bertz CT molecular complexity index is 1480. The van der Waals surface area contributed by atoms with E-state index in [1.165, 1.54) is 24.1 Å². The number of carbonyl (C=O) groups is 1. The number of hydrogen-bond donors (Lipinski definition) is 1. The Morgan fingerprint density at radius 1 is 1.08 bits per heavy atom. The third kappa shape index (κ3) is 5.10. The topological polar surface area (TPSA) is 58.9 Å². The SMILES string of the molecule is O=C(NCCCN1CCC(F)CC1)c1ccc2c(c1)sc1nc(-c3ccc([C@@H]4CCCO4)cc3)c(C3CC3)n12. The maximum absolute atomic E-state index is 13.3. The number of halogens is 1. The summed E-state index contributed by atoms with van der Waals surface area (Å²) in [5.74, 6) is 0.490. The number of carbonyl (C=O) groups excluding carboxylic acids is 1. The maximum Gasteiger partial charge on any atom is 0.251 e. The van der Waals surface area contributed by atoms with Crippen LogP contribution in [0, 0.1) is 0 Å². The summed E-state index contributed by atoms with van der Waals surface area (Å²) in [5, 5.41) is 3.07. The molecule has 2 aliphatic heterocycles. The standard InChI is InChI=1S/C31H35FN4O2S/c32-24-12-16-35(17-13-24)15-2-14-33-30(37)23-10-11-25-27(19-23)39-31-34-28(29(36(25)31)22-8-9-22)21-6-4-20(5-7-21)26-3-1-18-38-26/h4-7,10-11,19,22,24,26H,1-3,8-9,12-18H2,(H,33,37)/t26-/m0/s1. The predicted octanol–water partition coefficient (Wildman–Crippen LogP) is 6.50. The van der Waals surface area contributed by atoms with Gasteiger partial charge in [-0.15, -0.1) is 0 Å². The highest BCUT2D eigenvalue weighted by atomic mass is 32.1. The van der Waals surface area contributed by atoms with Crippen LogP contribution in [0.15, 0.2) is 42.5 Å². The van der Waals surface area contributed by atoms with Gasteiger partial charge >= 0.3 is 0 Å². The molecule has 4 heterocycles. The number of nitrogens with one attached hydrogen (secondary N) is 1. The fourth-order valence-electron chi connectivity index (χ4n) is 6.11. The average Bonchev–Trinajstić information content (AvgIpc) is 3.35. The second-order valence-corrected chi connectivity index (χ2v) is 12.3. The van der Waals surface area contributed by atoms with E-state index in [-0.39, 0.29) is 12.0 Å². The summed E-state index contributed by atoms with van der Waals surface area (Å²) in [4.78, 5) is 21.3. The van der Waals surface area contributed by atoms with Gasteiger partial charge in [0, 0.05) is 43.3 Å². The summed E-state index contributed by atoms with van der Waals surface area (Å²) in [5.41, 5.74) is 6.61. The van der Waals surface area contributed by atoms with Gasteiger partial charge in [0.2, 0.25) is 0 Å². The second kappa shape index (κ2) is 10.6. The number of ether oxygens (including phenoxy) is 1. The van der Waals surface area contributed by atoms with Gasteiger partial charge in [-0.3, -0.25) is 9.20 Å². The lowest BCUT2D eigenvalue weighted by molar-refractivity contribution is 0.0950. The largest absolute Gasteiger partial charge is 0.374 e. The number of piperidine rings is 1. The van der Waals surface area contributed by atoms with E-state index in [4.69, 9.17) is 9.72 Å². The summed E-state index contributed by atoms with van der Waals surface area (Å²) in [6.45, 7) is 4.01. The van der Waals surface area contributed by atoms with Gasteiger partial charge in [0.05, 0.1) is 27.7 Å². The smallest absolute Gasteiger partial charge is 0.251 e. The maximum atomic E-state index is 13.3. The van der Waals surface area contributed by atoms with Crippen molar-refractivity contribution in [3.05, 3.63) is 59.3 Å². The minimum Gasteiger partial charge on any atom is -0.374 e. The molecule has 0 unspecified atom stereocenters. The monoisotopic (exact) mass is 546 g/mol. The molecule has 4 aromatic rings. The number of likely N-dealkylation sites (tertiary alicyclic amines) is 1. The van der Waals surface area contributed by atoms with Gasteiger partial charge in [0.25, 0.3) is 5.91 Å². The Hall–Kier alpha value is -2.81. The van der Waals surface area contributed by atoms with Crippen LogP contribution < -0.4 is 5.32 Å². The van der Waals surface area contributed by atoms with E-state index in [1.54, 1.807) is 11.3 Å². The van der Waals surface area contributed by atoms with Gasteiger partial charge in [0.1, 0.15) is 6.17 Å². The molecule has 1 N–H and O–H groups in total. The molecule has 1 saturated carbocycles. The van der Waals surface area contributed by atoms with E-state index in [9.17, 15) is 9.18 Å². The summed E-state index contributed by atoms with van der Waals surface area (Å²) in [6, 6.07) is 14.8. The minimum absolute atomic E-state index is 0.0418. The number of imidazole rings is 1. The Balaban J connectivity index is 1.08. The molecule has 3 aliphatic rings. The van der Waals surface area contributed by atoms with E-state index in [0.29, 0.717) is 30.9 Å². The molecule has 0 spiro atoms. The van der Waals surface area contributed by atoms with Crippen LogP contribution >= 0.6 is 11.3 Å². The van der Waals surface area contributed by atoms with Crippen LogP contribution in [-0.2, 0) is 4.74 Å². The van der Waals surface area contributed by atoms with Gasteiger partial charge in [-0.25, -0.2) is 9.37 Å². The first-order valence-corrected chi connectivity index (χ1v) is 15.3. The Morgan fingerprint density at radius 2 is 1.90 bits per heavy atom. The van der Waals surface area contributed by atoms with E-state index in [2.05, 4.69) is 44.9 Å². The van der Waals surface area contributed by atoms with E-state index < -0.39 is 6.17 Å². The van der Waals surface area contributed by atoms with Crippen LogP contribution in [-0.4, -0.2) is 59.1 Å². The number of amides is 1. The highest BCUT2D eigenvalue weighted by Crippen LogP contribution is 2.47. The summed E-state index contributed by atoms with van der Waals surface area (Å²) in [6.07, 6.45) is 6.32. The molecule has 1 amide bonds. The Morgan fingerprint density at radius 3 is 2.64 bits per heavy atom. The van der Waals surface area contributed by atoms with Crippen LogP contribution in [0.2, 0.25) is 0 Å². The molecular weight excluding hydrogens is 511 g/mol. The molecule has 7 rings (SSSR count). The summed E-state index contributed by atoms with van der Waals surface area (Å²) < 4.78 is 22.6. The Labute approximate surface area is 232 Å². The average molecular weight is 547 g/mol. The molecule has 39 heavy (non-hydrogen) atoms. The molecule has 3 fully saturated rings. The molecule has 2 aromatic heterocycles. The van der Waals surface area contributed by atoms with Crippen molar-refractivity contribution in [1.82, 2.24) is 19.6 Å². The van der Waals surface area contributed by atoms with Crippen molar-refractivity contribution >= 4 is 32.4 Å². The fraction of sp³-hybridized carbons (Fsp3) is 0.484.